The summed E-state index contributed by atoms with van der Waals surface area (Å²) in [4.78, 5) is 23.7. The minimum absolute atomic E-state index is 0.330. The van der Waals surface area contributed by atoms with Crippen molar-refractivity contribution < 1.29 is 14.3 Å². The molecule has 0 saturated carbocycles. The largest absolute Gasteiger partial charge is 0.492 e. The molecule has 2 N–H and O–H groups in total. The van der Waals surface area contributed by atoms with Crippen LogP contribution in [0.3, 0.4) is 0 Å². The third kappa shape index (κ3) is 9.31. The number of hydrogen-bond acceptors (Lipinski definition) is 8. The van der Waals surface area contributed by atoms with Gasteiger partial charge in [0.25, 0.3) is 0 Å². The number of aromatic nitrogens is 2. The van der Waals surface area contributed by atoms with E-state index in [0.29, 0.717) is 24.7 Å². The fourth-order valence-electron chi connectivity index (χ4n) is 4.25. The first kappa shape index (κ1) is 30.5. The van der Waals surface area contributed by atoms with Crippen LogP contribution in [0.5, 0.6) is 5.75 Å². The highest BCUT2D eigenvalue weighted by molar-refractivity contribution is 5.90. The molecule has 0 aliphatic rings. The summed E-state index contributed by atoms with van der Waals surface area (Å²) in [6.07, 6.45) is 3.63. The van der Waals surface area contributed by atoms with Crippen LogP contribution in [0.25, 0.3) is 11.1 Å². The lowest BCUT2D eigenvalue weighted by Crippen LogP contribution is -2.27. The van der Waals surface area contributed by atoms with Gasteiger partial charge >= 0.3 is 5.97 Å². The topological polar surface area (TPSA) is 88.6 Å². The lowest BCUT2D eigenvalue weighted by atomic mass is 10.1. The minimum atomic E-state index is -0.531. The molecule has 8 nitrogen and oxygen atoms in total. The average Bonchev–Trinajstić information content (AvgIpc) is 2.99. The Kier molecular flexibility index (Phi) is 10.5. The number of likely N-dealkylation sites (N-methyl/N-ethyl adjacent to an activating group) is 1. The molecule has 1 aromatic heterocycles. The van der Waals surface area contributed by atoms with Gasteiger partial charge in [0.2, 0.25) is 5.95 Å². The average molecular weight is 568 g/mol. The molecular formula is C34H41N5O3. The summed E-state index contributed by atoms with van der Waals surface area (Å²) in [6.45, 7) is 14.2. The van der Waals surface area contributed by atoms with E-state index in [4.69, 9.17) is 9.47 Å². The molecule has 0 atom stereocenters. The predicted molar refractivity (Wildman–Crippen MR) is 169 cm³/mol. The maximum absolute atomic E-state index is 12.4. The smallest absolute Gasteiger partial charge is 0.338 e. The van der Waals surface area contributed by atoms with Gasteiger partial charge in [-0.1, -0.05) is 44.2 Å². The van der Waals surface area contributed by atoms with Crippen molar-refractivity contribution in [2.45, 2.75) is 46.8 Å². The number of benzene rings is 3. The number of rotatable bonds is 13. The summed E-state index contributed by atoms with van der Waals surface area (Å²) in [5.41, 5.74) is 4.82. The van der Waals surface area contributed by atoms with Gasteiger partial charge in [-0.15, -0.1) is 0 Å². The number of hydrogen-bond donors (Lipinski definition) is 2. The fraction of sp³-hybridized carbons (Fsp3) is 0.324. The molecule has 0 aliphatic carbocycles. The van der Waals surface area contributed by atoms with Crippen molar-refractivity contribution >= 4 is 23.3 Å². The molecule has 0 aliphatic heterocycles. The van der Waals surface area contributed by atoms with Crippen LogP contribution >= 0.6 is 0 Å². The highest BCUT2D eigenvalue weighted by Crippen LogP contribution is 2.22. The number of carbonyl (C=O) groups excluding carboxylic acids is 1. The van der Waals surface area contributed by atoms with Crippen molar-refractivity contribution in [2.75, 3.05) is 36.9 Å². The second-order valence-electron chi connectivity index (χ2n) is 11.0. The number of ether oxygens (including phenoxy) is 2. The van der Waals surface area contributed by atoms with Crippen LogP contribution in [-0.2, 0) is 11.3 Å². The molecular weight excluding hydrogens is 526 g/mol. The summed E-state index contributed by atoms with van der Waals surface area (Å²) >= 11 is 0. The van der Waals surface area contributed by atoms with Gasteiger partial charge in [-0.3, -0.25) is 0 Å². The summed E-state index contributed by atoms with van der Waals surface area (Å²) < 4.78 is 11.3. The Balaban J connectivity index is 1.27. The van der Waals surface area contributed by atoms with Gasteiger partial charge in [-0.2, -0.15) is 0 Å². The molecule has 0 radical (unpaired) electrons. The second kappa shape index (κ2) is 14.5. The molecule has 42 heavy (non-hydrogen) atoms. The van der Waals surface area contributed by atoms with Crippen molar-refractivity contribution in [3.05, 3.63) is 96.3 Å². The van der Waals surface area contributed by atoms with Gasteiger partial charge in [0, 0.05) is 42.4 Å². The normalized spacial score (nSPS) is 11.3. The molecule has 8 heteroatoms. The van der Waals surface area contributed by atoms with Crippen LogP contribution in [-0.4, -0.2) is 52.7 Å². The highest BCUT2D eigenvalue weighted by Gasteiger charge is 2.18. The Morgan fingerprint density at radius 2 is 1.55 bits per heavy atom. The van der Waals surface area contributed by atoms with Gasteiger partial charge in [-0.25, -0.2) is 14.8 Å². The molecule has 1 heterocycles. The fourth-order valence-corrected chi connectivity index (χ4v) is 4.25. The summed E-state index contributed by atoms with van der Waals surface area (Å²) in [5.74, 6) is 1.05. The summed E-state index contributed by atoms with van der Waals surface area (Å²) in [7, 11) is 0. The Labute approximate surface area is 249 Å². The van der Waals surface area contributed by atoms with Crippen molar-refractivity contribution in [1.82, 2.24) is 14.9 Å². The van der Waals surface area contributed by atoms with Crippen molar-refractivity contribution in [2.24, 2.45) is 0 Å². The van der Waals surface area contributed by atoms with E-state index in [9.17, 15) is 4.79 Å². The van der Waals surface area contributed by atoms with E-state index in [1.165, 1.54) is 0 Å². The zero-order valence-electron chi connectivity index (χ0n) is 25.2. The second-order valence-corrected chi connectivity index (χ2v) is 11.0. The summed E-state index contributed by atoms with van der Waals surface area (Å²) in [5, 5.41) is 6.62. The number of anilines is 3. The van der Waals surface area contributed by atoms with E-state index in [0.717, 1.165) is 53.4 Å². The van der Waals surface area contributed by atoms with Gasteiger partial charge in [0.1, 0.15) is 18.0 Å². The zero-order valence-corrected chi connectivity index (χ0v) is 25.2. The third-order valence-electron chi connectivity index (χ3n) is 6.61. The van der Waals surface area contributed by atoms with E-state index < -0.39 is 5.60 Å². The lowest BCUT2D eigenvalue weighted by molar-refractivity contribution is 0.00695. The molecule has 220 valence electrons. The zero-order chi connectivity index (χ0) is 30.0. The number of esters is 1. The van der Waals surface area contributed by atoms with E-state index >= 15 is 0 Å². The monoisotopic (exact) mass is 567 g/mol. The van der Waals surface area contributed by atoms with Crippen molar-refractivity contribution in [3.63, 3.8) is 0 Å². The Morgan fingerprint density at radius 3 is 2.19 bits per heavy atom. The third-order valence-corrected chi connectivity index (χ3v) is 6.61. The van der Waals surface area contributed by atoms with Gasteiger partial charge in [0.15, 0.2) is 0 Å². The van der Waals surface area contributed by atoms with Gasteiger partial charge < -0.3 is 25.0 Å². The van der Waals surface area contributed by atoms with Crippen LogP contribution in [0.15, 0.2) is 85.2 Å². The van der Waals surface area contributed by atoms with Gasteiger partial charge in [-0.05, 0) is 87.5 Å². The summed E-state index contributed by atoms with van der Waals surface area (Å²) in [6, 6.07) is 23.4. The Bertz CT molecular complexity index is 1410. The van der Waals surface area contributed by atoms with E-state index in [2.05, 4.69) is 63.6 Å². The van der Waals surface area contributed by atoms with Crippen LogP contribution in [0.4, 0.5) is 17.3 Å². The molecule has 0 unspecified atom stereocenters. The van der Waals surface area contributed by atoms with Gasteiger partial charge in [0.05, 0.1) is 5.56 Å². The molecule has 3 aromatic carbocycles. The molecule has 4 aromatic rings. The predicted octanol–water partition coefficient (Wildman–Crippen LogP) is 7.18. The molecule has 0 spiro atoms. The number of nitrogens with one attached hydrogen (secondary N) is 2. The Morgan fingerprint density at radius 1 is 0.857 bits per heavy atom. The van der Waals surface area contributed by atoms with Crippen LogP contribution in [0.1, 0.15) is 50.5 Å². The van der Waals surface area contributed by atoms with E-state index in [-0.39, 0.29) is 5.97 Å². The van der Waals surface area contributed by atoms with Crippen molar-refractivity contribution in [1.29, 1.82) is 0 Å². The van der Waals surface area contributed by atoms with E-state index in [1.54, 1.807) is 6.07 Å². The number of nitrogens with zero attached hydrogens (tertiary/aromatic N) is 3. The van der Waals surface area contributed by atoms with Crippen LogP contribution < -0.4 is 15.4 Å². The Hall–Kier alpha value is -4.43. The first-order valence-corrected chi connectivity index (χ1v) is 14.4. The standard InChI is InChI=1S/C34H41N5O3/c1-6-39(7-2)19-20-41-31-17-15-29(16-18-31)38-33-36-23-28(24-37-33)26-13-11-25(12-14-26)22-35-30-10-8-9-27(21-30)32(40)42-34(3,4)5/h8-18,21,23-24,35H,6-7,19-20,22H2,1-5H3,(H,36,37,38). The molecule has 0 amide bonds. The first-order chi connectivity index (χ1) is 20.2. The minimum Gasteiger partial charge on any atom is -0.492 e. The van der Waals surface area contributed by atoms with Crippen LogP contribution in [0, 0.1) is 0 Å². The molecule has 0 bridgehead atoms. The maximum Gasteiger partial charge on any atom is 0.338 e. The van der Waals surface area contributed by atoms with E-state index in [1.807, 2.05) is 75.6 Å². The first-order valence-electron chi connectivity index (χ1n) is 14.4. The number of carbonyl (C=O) groups is 1. The SMILES string of the molecule is CCN(CC)CCOc1ccc(Nc2ncc(-c3ccc(CNc4cccc(C(=O)OC(C)(C)C)c4)cc3)cn2)cc1. The quantitative estimate of drug-likeness (QED) is 0.164. The molecule has 4 rings (SSSR count). The highest BCUT2D eigenvalue weighted by atomic mass is 16.6. The maximum atomic E-state index is 12.4. The van der Waals surface area contributed by atoms with Crippen LogP contribution in [0.2, 0.25) is 0 Å². The lowest BCUT2D eigenvalue weighted by Gasteiger charge is -2.19. The molecule has 0 fully saturated rings. The van der Waals surface area contributed by atoms with Crippen molar-refractivity contribution in [3.8, 4) is 16.9 Å². The molecule has 0 saturated heterocycles.